The first-order chi connectivity index (χ1) is 17.2. The zero-order valence-corrected chi connectivity index (χ0v) is 22.8. The van der Waals surface area contributed by atoms with Crippen LogP contribution in [-0.4, -0.2) is 68.1 Å². The van der Waals surface area contributed by atoms with E-state index in [1.54, 1.807) is 6.92 Å². The van der Waals surface area contributed by atoms with E-state index in [0.717, 1.165) is 0 Å². The number of quaternary nitrogens is 1. The lowest BCUT2D eigenvalue weighted by molar-refractivity contribution is -0.216. The molecular weight excluding hydrogens is 564 g/mol. The first-order valence-electron chi connectivity index (χ1n) is 10.8. The summed E-state index contributed by atoms with van der Waals surface area (Å²) in [5.41, 5.74) is -1.20. The van der Waals surface area contributed by atoms with Crippen molar-refractivity contribution >= 4 is 15.4 Å². The quantitative estimate of drug-likeness (QED) is 0.295. The minimum absolute atomic E-state index is 0. The number of aromatic amines is 2. The van der Waals surface area contributed by atoms with Crippen molar-refractivity contribution in [3.8, 4) is 0 Å². The molecule has 6 atom stereocenters. The second-order valence-corrected chi connectivity index (χ2v) is 11.4. The van der Waals surface area contributed by atoms with Crippen molar-refractivity contribution in [3.05, 3.63) is 65.2 Å². The van der Waals surface area contributed by atoms with Crippen molar-refractivity contribution in [3.63, 3.8) is 0 Å². The minimum Gasteiger partial charge on any atom is -0.775 e. The number of rotatable bonds is 6. The van der Waals surface area contributed by atoms with E-state index in [2.05, 4.69) is 9.97 Å². The number of nitrogens with one attached hydrogen (secondary N) is 2. The maximum Gasteiger partial charge on any atom is 0.398 e. The van der Waals surface area contributed by atoms with Gasteiger partial charge in [-0.15, -0.1) is 0 Å². The number of ether oxygens (including phenoxy) is 4. The SMILES string of the molecule is C.Cc1cn(CC2COC(P(=O)([O-])O)O2)c(=O)[nH]c1=O.Cc1cn(CC2COC([P+](C)=O)O2)c(=O)[nH]c1=O.[NH4+]. The minimum atomic E-state index is -4.72. The number of H-pyrrole nitrogens is 2. The third-order valence-corrected chi connectivity index (χ3v) is 6.88. The molecular formula is C20H34N5O12P2+. The van der Waals surface area contributed by atoms with Gasteiger partial charge in [-0.1, -0.05) is 12.0 Å². The molecule has 4 rings (SSSR count). The Morgan fingerprint density at radius 1 is 0.974 bits per heavy atom. The molecule has 0 bridgehead atoms. The summed E-state index contributed by atoms with van der Waals surface area (Å²) in [7, 11) is -6.29. The first-order valence-corrected chi connectivity index (χ1v) is 14.2. The summed E-state index contributed by atoms with van der Waals surface area (Å²) >= 11 is 0. The molecule has 2 aliphatic heterocycles. The fraction of sp³-hybridized carbons (Fsp3) is 0.600. The lowest BCUT2D eigenvalue weighted by Gasteiger charge is -2.21. The second-order valence-electron chi connectivity index (χ2n) is 8.35. The zero-order chi connectivity index (χ0) is 27.5. The molecule has 39 heavy (non-hydrogen) atoms. The molecule has 2 aromatic heterocycles. The Balaban J connectivity index is 0.000000371. The Labute approximate surface area is 222 Å². The third kappa shape index (κ3) is 9.24. The molecule has 0 saturated carbocycles. The molecule has 6 unspecified atom stereocenters. The molecule has 2 fully saturated rings. The van der Waals surface area contributed by atoms with E-state index < -0.39 is 56.1 Å². The number of hydrogen-bond donors (Lipinski definition) is 4. The highest BCUT2D eigenvalue weighted by atomic mass is 31.2. The predicted molar refractivity (Wildman–Crippen MR) is 137 cm³/mol. The monoisotopic (exact) mass is 598 g/mol. The highest BCUT2D eigenvalue weighted by molar-refractivity contribution is 7.50. The van der Waals surface area contributed by atoms with Crippen LogP contribution in [0.4, 0.5) is 0 Å². The topological polar surface area (TPSA) is 261 Å². The third-order valence-electron chi connectivity index (χ3n) is 5.21. The van der Waals surface area contributed by atoms with Crippen LogP contribution in [0.1, 0.15) is 18.6 Å². The van der Waals surface area contributed by atoms with Gasteiger partial charge >= 0.3 is 25.2 Å². The summed E-state index contributed by atoms with van der Waals surface area (Å²) in [4.78, 5) is 69.3. The van der Waals surface area contributed by atoms with Gasteiger partial charge in [-0.25, -0.2) is 9.59 Å². The Morgan fingerprint density at radius 3 is 1.79 bits per heavy atom. The van der Waals surface area contributed by atoms with Crippen LogP contribution in [-0.2, 0) is 41.2 Å². The van der Waals surface area contributed by atoms with E-state index >= 15 is 0 Å². The van der Waals surface area contributed by atoms with Crippen molar-refractivity contribution in [2.75, 3.05) is 19.9 Å². The van der Waals surface area contributed by atoms with E-state index in [1.807, 2.05) is 0 Å². The van der Waals surface area contributed by atoms with Gasteiger partial charge in [0.05, 0.1) is 26.3 Å². The lowest BCUT2D eigenvalue weighted by Crippen LogP contribution is -2.34. The zero-order valence-electron chi connectivity index (χ0n) is 21.0. The molecule has 4 heterocycles. The lowest BCUT2D eigenvalue weighted by atomic mass is 10.3. The Kier molecular flexibility index (Phi) is 12.5. The molecule has 2 aliphatic rings. The van der Waals surface area contributed by atoms with Crippen LogP contribution < -0.4 is 33.5 Å². The van der Waals surface area contributed by atoms with Crippen molar-refractivity contribution in [2.24, 2.45) is 0 Å². The fourth-order valence-corrected chi connectivity index (χ4v) is 4.61. The maximum absolute atomic E-state index is 11.5. The number of aryl methyl sites for hydroxylation is 2. The van der Waals surface area contributed by atoms with Crippen molar-refractivity contribution < 1.29 is 37.9 Å². The normalized spacial score (nSPS) is 24.0. The average molecular weight is 598 g/mol. The standard InChI is InChI=1S/C10H13N2O5P.C9H13N2O7P.CH4.H3N/c1-6-3-12(9(14)11-8(6)13)4-7-5-16-10(17-7)18(2)15;1-5-2-11(8(13)10-7(5)12)3-6-4-17-9(18-6)19(14,15)16;;/h3,7,10H,4-5H2,1-2H3;2,6,9H,3-4H2,1H3,(H,10,12,13)(H2,14,15,16);1H4;1H3/p+1. The van der Waals surface area contributed by atoms with Gasteiger partial charge in [-0.3, -0.25) is 28.7 Å². The molecule has 0 amide bonds. The molecule has 19 heteroatoms. The van der Waals surface area contributed by atoms with Gasteiger partial charge < -0.3 is 39.4 Å². The Hall–Kier alpha value is -2.59. The molecule has 0 aliphatic carbocycles. The number of hydrogen-bond acceptors (Lipinski definition) is 11. The molecule has 17 nitrogen and oxygen atoms in total. The maximum atomic E-state index is 11.5. The molecule has 220 valence electrons. The van der Waals surface area contributed by atoms with Crippen LogP contribution in [0, 0.1) is 13.8 Å². The summed E-state index contributed by atoms with van der Waals surface area (Å²) in [6.45, 7) is 5.14. The molecule has 0 aromatic carbocycles. The summed E-state index contributed by atoms with van der Waals surface area (Å²) in [6.07, 6.45) is 1.77. The van der Waals surface area contributed by atoms with Crippen LogP contribution in [0.2, 0.25) is 0 Å². The van der Waals surface area contributed by atoms with Gasteiger partial charge in [-0.2, -0.15) is 0 Å². The highest BCUT2D eigenvalue weighted by Crippen LogP contribution is 2.41. The van der Waals surface area contributed by atoms with Gasteiger partial charge in [0, 0.05) is 23.5 Å². The van der Waals surface area contributed by atoms with Crippen molar-refractivity contribution in [1.82, 2.24) is 25.3 Å². The summed E-state index contributed by atoms with van der Waals surface area (Å²) in [5.74, 6) is 0. The van der Waals surface area contributed by atoms with E-state index in [0.29, 0.717) is 11.1 Å². The van der Waals surface area contributed by atoms with Crippen LogP contribution in [0.3, 0.4) is 0 Å². The number of aromatic nitrogens is 4. The largest absolute Gasteiger partial charge is 0.775 e. The van der Waals surface area contributed by atoms with E-state index in [4.69, 9.17) is 23.8 Å². The van der Waals surface area contributed by atoms with Crippen molar-refractivity contribution in [2.45, 2.75) is 58.6 Å². The highest BCUT2D eigenvalue weighted by Gasteiger charge is 2.37. The van der Waals surface area contributed by atoms with E-state index in [-0.39, 0.29) is 46.0 Å². The van der Waals surface area contributed by atoms with Crippen LogP contribution >= 0.6 is 15.4 Å². The number of nitrogens with zero attached hydrogens (tertiary/aromatic N) is 2. The molecule has 2 saturated heterocycles. The van der Waals surface area contributed by atoms with E-state index in [9.17, 15) is 33.2 Å². The van der Waals surface area contributed by atoms with Crippen molar-refractivity contribution in [1.29, 1.82) is 0 Å². The summed E-state index contributed by atoms with van der Waals surface area (Å²) in [6, 6.07) is -2.42. The molecule has 0 spiro atoms. The smallest absolute Gasteiger partial charge is 0.398 e. The molecule has 2 aromatic rings. The van der Waals surface area contributed by atoms with Gasteiger partial charge in [-0.05, 0) is 13.8 Å². The van der Waals surface area contributed by atoms with Crippen LogP contribution in [0.25, 0.3) is 0 Å². The molecule has 7 N–H and O–H groups in total. The van der Waals surface area contributed by atoms with Gasteiger partial charge in [0.1, 0.15) is 18.9 Å². The fourth-order valence-electron chi connectivity index (χ4n) is 3.37. The van der Waals surface area contributed by atoms with Gasteiger partial charge in [0.25, 0.3) is 11.1 Å². The second kappa shape index (κ2) is 14.2. The first kappa shape index (κ1) is 34.4. The predicted octanol–water partition coefficient (Wildman–Crippen LogP) is -0.897. The van der Waals surface area contributed by atoms with Gasteiger partial charge in [0.2, 0.25) is 6.03 Å². The Morgan fingerprint density at radius 2 is 1.41 bits per heavy atom. The van der Waals surface area contributed by atoms with Crippen LogP contribution in [0.5, 0.6) is 0 Å². The van der Waals surface area contributed by atoms with Crippen LogP contribution in [0.15, 0.2) is 31.6 Å². The molecule has 0 radical (unpaired) electrons. The Bertz CT molecular complexity index is 1430. The summed E-state index contributed by atoms with van der Waals surface area (Å²) in [5, 5.41) is 0. The van der Waals surface area contributed by atoms with Gasteiger partial charge in [0.15, 0.2) is 7.60 Å². The average Bonchev–Trinajstić information content (AvgIpc) is 3.46. The van der Waals surface area contributed by atoms with E-state index in [1.165, 1.54) is 35.1 Å². The summed E-state index contributed by atoms with van der Waals surface area (Å²) < 4.78 is 44.9.